The largest absolute Gasteiger partial charge is 0.272 e. The van der Waals surface area contributed by atoms with Crippen molar-refractivity contribution in [2.24, 2.45) is 0 Å². The van der Waals surface area contributed by atoms with Gasteiger partial charge >= 0.3 is 0 Å². The van der Waals surface area contributed by atoms with Gasteiger partial charge in [-0.3, -0.25) is 4.68 Å². The van der Waals surface area contributed by atoms with Crippen LogP contribution in [0.25, 0.3) is 0 Å². The van der Waals surface area contributed by atoms with Gasteiger partial charge in [0.2, 0.25) is 10.0 Å². The molecule has 0 atom stereocenters. The maximum absolute atomic E-state index is 12.1. The lowest BCUT2D eigenvalue weighted by Crippen LogP contribution is -2.26. The normalized spacial score (nSPS) is 11.8. The zero-order chi connectivity index (χ0) is 15.5. The van der Waals surface area contributed by atoms with E-state index in [9.17, 15) is 8.42 Å². The molecule has 8 heteroatoms. The van der Waals surface area contributed by atoms with Gasteiger partial charge in [-0.25, -0.2) is 13.1 Å². The van der Waals surface area contributed by atoms with Gasteiger partial charge < -0.3 is 0 Å². The molecule has 0 fully saturated rings. The molecule has 0 aliphatic carbocycles. The van der Waals surface area contributed by atoms with Crippen LogP contribution in [-0.4, -0.2) is 24.7 Å². The first-order valence-electron chi connectivity index (χ1n) is 6.33. The summed E-state index contributed by atoms with van der Waals surface area (Å²) in [5.74, 6) is 0. The Labute approximate surface area is 133 Å². The molecular weight excluding hydrogens is 333 g/mol. The Morgan fingerprint density at radius 1 is 1.29 bits per heavy atom. The highest BCUT2D eigenvalue weighted by Gasteiger charge is 2.17. The van der Waals surface area contributed by atoms with E-state index in [4.69, 9.17) is 23.2 Å². The molecule has 0 spiro atoms. The minimum Gasteiger partial charge on any atom is -0.272 e. The standard InChI is InChI=1S/C13H15Cl2N3O2S/c1-10-5-8-18(17-10)7-2-6-16-21(19,20)13-9-11(14)3-4-12(13)15/h3-5,8-9,16H,2,6-7H2,1H3. The Bertz CT molecular complexity index is 729. The quantitative estimate of drug-likeness (QED) is 0.817. The van der Waals surface area contributed by atoms with E-state index in [2.05, 4.69) is 9.82 Å². The molecule has 2 rings (SSSR count). The lowest BCUT2D eigenvalue weighted by Gasteiger charge is -2.08. The average Bonchev–Trinajstić information content (AvgIpc) is 2.83. The number of rotatable bonds is 6. The number of aryl methyl sites for hydroxylation is 2. The third-order valence-corrected chi connectivity index (χ3v) is 4.99. The van der Waals surface area contributed by atoms with Gasteiger partial charge in [-0.2, -0.15) is 5.10 Å². The highest BCUT2D eigenvalue weighted by Crippen LogP contribution is 2.24. The molecule has 1 aromatic heterocycles. The Balaban J connectivity index is 1.94. The summed E-state index contributed by atoms with van der Waals surface area (Å²) in [5.41, 5.74) is 0.932. The van der Waals surface area contributed by atoms with Crippen LogP contribution in [0.3, 0.4) is 0 Å². The number of sulfonamides is 1. The zero-order valence-electron chi connectivity index (χ0n) is 11.4. The first-order valence-corrected chi connectivity index (χ1v) is 8.57. The van der Waals surface area contributed by atoms with Crippen molar-refractivity contribution in [2.45, 2.75) is 24.8 Å². The van der Waals surface area contributed by atoms with Crippen LogP contribution in [0.15, 0.2) is 35.4 Å². The molecule has 114 valence electrons. The highest BCUT2D eigenvalue weighted by molar-refractivity contribution is 7.89. The third kappa shape index (κ3) is 4.44. The monoisotopic (exact) mass is 347 g/mol. The van der Waals surface area contributed by atoms with Crippen LogP contribution in [0.1, 0.15) is 12.1 Å². The van der Waals surface area contributed by atoms with E-state index in [0.29, 0.717) is 24.5 Å². The van der Waals surface area contributed by atoms with E-state index in [1.54, 1.807) is 10.7 Å². The van der Waals surface area contributed by atoms with Gasteiger partial charge in [-0.15, -0.1) is 0 Å². The van der Waals surface area contributed by atoms with E-state index >= 15 is 0 Å². The SMILES string of the molecule is Cc1ccn(CCCNS(=O)(=O)c2cc(Cl)ccc2Cl)n1. The number of nitrogens with one attached hydrogen (secondary N) is 1. The van der Waals surface area contributed by atoms with Gasteiger partial charge in [0, 0.05) is 24.3 Å². The van der Waals surface area contributed by atoms with Crippen molar-refractivity contribution in [3.63, 3.8) is 0 Å². The minimum absolute atomic E-state index is 0.00778. The molecule has 0 aliphatic rings. The fraction of sp³-hybridized carbons (Fsp3) is 0.308. The van der Waals surface area contributed by atoms with Crippen molar-refractivity contribution < 1.29 is 8.42 Å². The summed E-state index contributed by atoms with van der Waals surface area (Å²) in [4.78, 5) is -0.00778. The molecular formula is C13H15Cl2N3O2S. The maximum atomic E-state index is 12.1. The summed E-state index contributed by atoms with van der Waals surface area (Å²) >= 11 is 11.7. The predicted octanol–water partition coefficient (Wildman–Crippen LogP) is 2.87. The third-order valence-electron chi connectivity index (χ3n) is 2.81. The molecule has 0 bridgehead atoms. The second kappa shape index (κ2) is 6.79. The highest BCUT2D eigenvalue weighted by atomic mass is 35.5. The smallest absolute Gasteiger partial charge is 0.242 e. The molecule has 0 radical (unpaired) electrons. The molecule has 21 heavy (non-hydrogen) atoms. The first-order chi connectivity index (χ1) is 9.88. The van der Waals surface area contributed by atoms with Crippen molar-refractivity contribution in [2.75, 3.05) is 6.54 Å². The van der Waals surface area contributed by atoms with Crippen LogP contribution in [-0.2, 0) is 16.6 Å². The van der Waals surface area contributed by atoms with Crippen LogP contribution >= 0.6 is 23.2 Å². The fourth-order valence-electron chi connectivity index (χ4n) is 1.80. The number of aromatic nitrogens is 2. The van der Waals surface area contributed by atoms with E-state index in [-0.39, 0.29) is 9.92 Å². The number of benzene rings is 1. The molecule has 2 aromatic rings. The molecule has 1 aromatic carbocycles. The van der Waals surface area contributed by atoms with Gasteiger partial charge in [-0.1, -0.05) is 23.2 Å². The molecule has 5 nitrogen and oxygen atoms in total. The second-order valence-electron chi connectivity index (χ2n) is 4.55. The summed E-state index contributed by atoms with van der Waals surface area (Å²) in [5, 5.41) is 4.70. The number of hydrogen-bond acceptors (Lipinski definition) is 3. The average molecular weight is 348 g/mol. The van der Waals surface area contributed by atoms with Crippen LogP contribution < -0.4 is 4.72 Å². The minimum atomic E-state index is -3.66. The molecule has 0 unspecified atom stereocenters. The Kier molecular flexibility index (Phi) is 5.27. The summed E-state index contributed by atoms with van der Waals surface area (Å²) in [7, 11) is -3.66. The van der Waals surface area contributed by atoms with E-state index < -0.39 is 10.0 Å². The summed E-state index contributed by atoms with van der Waals surface area (Å²) in [6.45, 7) is 2.84. The fourth-order valence-corrected chi connectivity index (χ4v) is 3.63. The van der Waals surface area contributed by atoms with E-state index in [1.165, 1.54) is 12.1 Å². The van der Waals surface area contributed by atoms with Crippen molar-refractivity contribution in [3.05, 3.63) is 46.2 Å². The van der Waals surface area contributed by atoms with E-state index in [0.717, 1.165) is 5.69 Å². The van der Waals surface area contributed by atoms with Crippen LogP contribution in [0, 0.1) is 6.92 Å². The lowest BCUT2D eigenvalue weighted by atomic mass is 10.4. The predicted molar refractivity (Wildman–Crippen MR) is 83.2 cm³/mol. The summed E-state index contributed by atoms with van der Waals surface area (Å²) < 4.78 is 28.6. The molecule has 1 N–H and O–H groups in total. The van der Waals surface area contributed by atoms with Gasteiger partial charge in [0.1, 0.15) is 4.90 Å². The number of hydrogen-bond donors (Lipinski definition) is 1. The van der Waals surface area contributed by atoms with Gasteiger partial charge in [0.15, 0.2) is 0 Å². The molecule has 0 amide bonds. The number of halogens is 2. The van der Waals surface area contributed by atoms with Crippen molar-refractivity contribution >= 4 is 33.2 Å². The second-order valence-corrected chi connectivity index (χ2v) is 7.13. The van der Waals surface area contributed by atoms with Gasteiger partial charge in [0.05, 0.1) is 10.7 Å². The Morgan fingerprint density at radius 3 is 2.71 bits per heavy atom. The van der Waals surface area contributed by atoms with Crippen molar-refractivity contribution in [1.82, 2.24) is 14.5 Å². The molecule has 1 heterocycles. The Hall–Kier alpha value is -1.08. The molecule has 0 saturated carbocycles. The number of nitrogens with zero attached hydrogens (tertiary/aromatic N) is 2. The summed E-state index contributed by atoms with van der Waals surface area (Å²) in [6.07, 6.45) is 2.48. The van der Waals surface area contributed by atoms with Crippen molar-refractivity contribution in [1.29, 1.82) is 0 Å². The molecule has 0 saturated heterocycles. The summed E-state index contributed by atoms with van der Waals surface area (Å²) in [6, 6.07) is 6.24. The lowest BCUT2D eigenvalue weighted by molar-refractivity contribution is 0.551. The van der Waals surface area contributed by atoms with Crippen LogP contribution in [0.4, 0.5) is 0 Å². The van der Waals surface area contributed by atoms with Gasteiger partial charge in [0.25, 0.3) is 0 Å². The first kappa shape index (κ1) is 16.3. The van der Waals surface area contributed by atoms with E-state index in [1.807, 2.05) is 19.2 Å². The molecule has 0 aliphatic heterocycles. The van der Waals surface area contributed by atoms with Gasteiger partial charge in [-0.05, 0) is 37.6 Å². The maximum Gasteiger partial charge on any atom is 0.242 e. The Morgan fingerprint density at radius 2 is 2.05 bits per heavy atom. The van der Waals surface area contributed by atoms with Crippen LogP contribution in [0.5, 0.6) is 0 Å². The zero-order valence-corrected chi connectivity index (χ0v) is 13.7. The van der Waals surface area contributed by atoms with Crippen LogP contribution in [0.2, 0.25) is 10.0 Å². The van der Waals surface area contributed by atoms with Crippen molar-refractivity contribution in [3.8, 4) is 0 Å². The topological polar surface area (TPSA) is 64.0 Å².